The van der Waals surface area contributed by atoms with Gasteiger partial charge in [0.1, 0.15) is 11.9 Å². The van der Waals surface area contributed by atoms with Crippen LogP contribution in [0, 0.1) is 23.7 Å². The highest BCUT2D eigenvalue weighted by Gasteiger charge is 2.44. The fourth-order valence-electron chi connectivity index (χ4n) is 5.61. The van der Waals surface area contributed by atoms with Crippen molar-refractivity contribution in [1.29, 1.82) is 0 Å². The minimum Gasteiger partial charge on any atom is -0.482 e. The Balaban J connectivity index is 1.58. The molecule has 0 bridgehead atoms. The van der Waals surface area contributed by atoms with E-state index < -0.39 is 0 Å². The van der Waals surface area contributed by atoms with Gasteiger partial charge >= 0.3 is 5.97 Å². The number of benzene rings is 1. The smallest absolute Gasteiger partial charge is 0.344 e. The van der Waals surface area contributed by atoms with E-state index in [2.05, 4.69) is 13.0 Å². The van der Waals surface area contributed by atoms with E-state index in [4.69, 9.17) is 9.47 Å². The number of fused-ring (bicyclic) bond motifs is 2. The van der Waals surface area contributed by atoms with Gasteiger partial charge in [0.2, 0.25) is 0 Å². The first-order valence-corrected chi connectivity index (χ1v) is 13.1. The lowest BCUT2D eigenvalue weighted by Gasteiger charge is -2.32. The van der Waals surface area contributed by atoms with Gasteiger partial charge < -0.3 is 19.7 Å². The molecule has 0 saturated heterocycles. The number of ether oxygens (including phenoxy) is 2. The molecule has 186 valence electrons. The Hall–Kier alpha value is -1.59. The maximum atomic E-state index is 12.2. The van der Waals surface area contributed by atoms with E-state index in [1.807, 2.05) is 32.9 Å². The number of unbranched alkanes of at least 4 members (excludes halogenated alkanes) is 2. The molecule has 0 heterocycles. The van der Waals surface area contributed by atoms with Crippen LogP contribution in [0.25, 0.3) is 0 Å². The van der Waals surface area contributed by atoms with Crippen molar-refractivity contribution in [3.8, 4) is 5.75 Å². The second kappa shape index (κ2) is 12.2. The van der Waals surface area contributed by atoms with Crippen LogP contribution in [0.4, 0.5) is 0 Å². The molecule has 1 aromatic carbocycles. The van der Waals surface area contributed by atoms with Gasteiger partial charge in [-0.15, -0.1) is 0 Å². The van der Waals surface area contributed by atoms with Gasteiger partial charge in [-0.3, -0.25) is 0 Å². The molecule has 1 fully saturated rings. The number of carbonyl (C=O) groups excluding carboxylic acids is 1. The van der Waals surface area contributed by atoms with Crippen molar-refractivity contribution in [2.45, 2.75) is 104 Å². The third-order valence-electron chi connectivity index (χ3n) is 7.92. The van der Waals surface area contributed by atoms with Crippen LogP contribution in [-0.4, -0.2) is 41.1 Å². The quantitative estimate of drug-likeness (QED) is 0.336. The van der Waals surface area contributed by atoms with Gasteiger partial charge in [-0.1, -0.05) is 52.2 Å². The summed E-state index contributed by atoms with van der Waals surface area (Å²) in [5, 5.41) is 21.2. The first kappa shape index (κ1) is 26.0. The molecular formula is C28H44O5. The average Bonchev–Trinajstić information content (AvgIpc) is 3.08. The largest absolute Gasteiger partial charge is 0.482 e. The number of hydrogen-bond acceptors (Lipinski definition) is 5. The normalized spacial score (nSPS) is 25.9. The second-order valence-corrected chi connectivity index (χ2v) is 10.6. The maximum absolute atomic E-state index is 12.2. The van der Waals surface area contributed by atoms with Crippen LogP contribution in [0.5, 0.6) is 5.75 Å². The molecule has 1 saturated carbocycles. The summed E-state index contributed by atoms with van der Waals surface area (Å²) < 4.78 is 11.3. The zero-order valence-electron chi connectivity index (χ0n) is 21.0. The molecule has 2 aliphatic rings. The van der Waals surface area contributed by atoms with Gasteiger partial charge in [-0.2, -0.15) is 0 Å². The van der Waals surface area contributed by atoms with Crippen LogP contribution >= 0.6 is 0 Å². The number of rotatable bonds is 12. The first-order valence-electron chi connectivity index (χ1n) is 13.1. The average molecular weight is 461 g/mol. The van der Waals surface area contributed by atoms with Gasteiger partial charge in [0, 0.05) is 0 Å². The number of aliphatic hydroxyl groups excluding tert-OH is 2. The predicted octanol–water partition coefficient (Wildman–Crippen LogP) is 5.09. The molecule has 3 rings (SSSR count). The minimum atomic E-state index is -0.337. The SMILES string of the molecule is CCCCC[C@@H](O)CC[C@@H]1[C@H]2Cc3cccc(OCC(=O)O[C@@H](C)C(C)C)c3C[C@H]2C[C@H]1O. The molecule has 5 nitrogen and oxygen atoms in total. The zero-order chi connectivity index (χ0) is 24.0. The summed E-state index contributed by atoms with van der Waals surface area (Å²) in [6, 6.07) is 6.08. The Bertz CT molecular complexity index is 761. The molecule has 2 aliphatic carbocycles. The maximum Gasteiger partial charge on any atom is 0.344 e. The van der Waals surface area contributed by atoms with Crippen LogP contribution in [-0.2, 0) is 22.4 Å². The first-order chi connectivity index (χ1) is 15.8. The third kappa shape index (κ3) is 6.95. The second-order valence-electron chi connectivity index (χ2n) is 10.6. The van der Waals surface area contributed by atoms with Crippen molar-refractivity contribution >= 4 is 5.97 Å². The van der Waals surface area contributed by atoms with Crippen LogP contribution in [0.15, 0.2) is 18.2 Å². The molecule has 2 N–H and O–H groups in total. The Morgan fingerprint density at radius 3 is 2.67 bits per heavy atom. The highest BCUT2D eigenvalue weighted by atomic mass is 16.6. The summed E-state index contributed by atoms with van der Waals surface area (Å²) in [6.07, 6.45) is 7.89. The summed E-state index contributed by atoms with van der Waals surface area (Å²) in [5.74, 6) is 1.83. The van der Waals surface area contributed by atoms with Crippen molar-refractivity contribution < 1.29 is 24.5 Å². The zero-order valence-corrected chi connectivity index (χ0v) is 21.0. The van der Waals surface area contributed by atoms with Crippen molar-refractivity contribution in [2.75, 3.05) is 6.61 Å². The van der Waals surface area contributed by atoms with Crippen LogP contribution in [0.3, 0.4) is 0 Å². The Morgan fingerprint density at radius 1 is 1.15 bits per heavy atom. The molecule has 0 radical (unpaired) electrons. The number of aliphatic hydroxyl groups is 2. The van der Waals surface area contributed by atoms with E-state index >= 15 is 0 Å². The lowest BCUT2D eigenvalue weighted by atomic mass is 9.73. The van der Waals surface area contributed by atoms with Gasteiger partial charge in [0.15, 0.2) is 6.61 Å². The third-order valence-corrected chi connectivity index (χ3v) is 7.92. The van der Waals surface area contributed by atoms with E-state index in [0.717, 1.165) is 50.7 Å². The monoisotopic (exact) mass is 460 g/mol. The van der Waals surface area contributed by atoms with E-state index in [1.165, 1.54) is 24.0 Å². The highest BCUT2D eigenvalue weighted by Crippen LogP contribution is 2.48. The molecule has 33 heavy (non-hydrogen) atoms. The topological polar surface area (TPSA) is 76.0 Å². The van der Waals surface area contributed by atoms with E-state index in [9.17, 15) is 15.0 Å². The van der Waals surface area contributed by atoms with E-state index in [1.54, 1.807) is 0 Å². The summed E-state index contributed by atoms with van der Waals surface area (Å²) in [7, 11) is 0. The van der Waals surface area contributed by atoms with Gasteiger partial charge in [-0.05, 0) is 86.3 Å². The Morgan fingerprint density at radius 2 is 1.94 bits per heavy atom. The van der Waals surface area contributed by atoms with Gasteiger partial charge in [-0.25, -0.2) is 4.79 Å². The van der Waals surface area contributed by atoms with Gasteiger partial charge in [0.05, 0.1) is 12.2 Å². The molecule has 5 heteroatoms. The van der Waals surface area contributed by atoms with Crippen molar-refractivity contribution in [1.82, 2.24) is 0 Å². The lowest BCUT2D eigenvalue weighted by molar-refractivity contribution is -0.152. The fraction of sp³-hybridized carbons (Fsp3) is 0.750. The molecule has 0 amide bonds. The van der Waals surface area contributed by atoms with E-state index in [-0.39, 0.29) is 42.7 Å². The van der Waals surface area contributed by atoms with Crippen LogP contribution in [0.2, 0.25) is 0 Å². The van der Waals surface area contributed by atoms with Crippen LogP contribution in [0.1, 0.15) is 83.8 Å². The lowest BCUT2D eigenvalue weighted by Crippen LogP contribution is -2.28. The molecule has 0 aliphatic heterocycles. The van der Waals surface area contributed by atoms with Crippen molar-refractivity contribution in [2.24, 2.45) is 23.7 Å². The fourth-order valence-corrected chi connectivity index (χ4v) is 5.61. The Labute approximate surface area is 199 Å². The number of carbonyl (C=O) groups is 1. The number of esters is 1. The number of hydrogen-bond donors (Lipinski definition) is 2. The van der Waals surface area contributed by atoms with Crippen molar-refractivity contribution in [3.05, 3.63) is 29.3 Å². The summed E-state index contributed by atoms with van der Waals surface area (Å²) in [4.78, 5) is 12.2. The summed E-state index contributed by atoms with van der Waals surface area (Å²) in [5.41, 5.74) is 2.44. The summed E-state index contributed by atoms with van der Waals surface area (Å²) in [6.45, 7) is 8.05. The molecular weight excluding hydrogens is 416 g/mol. The molecule has 1 aromatic rings. The predicted molar refractivity (Wildman–Crippen MR) is 130 cm³/mol. The molecule has 0 spiro atoms. The minimum absolute atomic E-state index is 0.0806. The highest BCUT2D eigenvalue weighted by molar-refractivity contribution is 5.71. The Kier molecular flexibility index (Phi) is 9.63. The van der Waals surface area contributed by atoms with Crippen molar-refractivity contribution in [3.63, 3.8) is 0 Å². The van der Waals surface area contributed by atoms with E-state index in [0.29, 0.717) is 11.8 Å². The van der Waals surface area contributed by atoms with Crippen LogP contribution < -0.4 is 4.74 Å². The molecule has 6 atom stereocenters. The van der Waals surface area contributed by atoms with Gasteiger partial charge in [0.25, 0.3) is 0 Å². The summed E-state index contributed by atoms with van der Waals surface area (Å²) >= 11 is 0. The molecule has 0 unspecified atom stereocenters. The standard InChI is InChI=1S/C28H44O5/c1-5-6-7-10-22(29)12-13-23-24-14-20-9-8-11-27(25(20)15-21(24)16-26(23)30)32-17-28(31)33-19(4)18(2)3/h8-9,11,18-19,21-24,26,29-30H,5-7,10,12-17H2,1-4H3/t19-,21-,22+,23+,24-,26+/m0/s1. The molecule has 0 aromatic heterocycles.